The number of rotatable bonds is 3. The smallest absolute Gasteiger partial charge is 0.872 e. The second kappa shape index (κ2) is 9.17. The fraction of sp³-hybridized carbons (Fsp3) is 0. The van der Waals surface area contributed by atoms with Gasteiger partial charge in [-0.2, -0.15) is 0 Å². The first-order chi connectivity index (χ1) is 9.84. The van der Waals surface area contributed by atoms with Crippen LogP contribution in [0.1, 0.15) is 0 Å². The summed E-state index contributed by atoms with van der Waals surface area (Å²) >= 11 is 0. The number of benzene rings is 3. The van der Waals surface area contributed by atoms with Crippen molar-refractivity contribution in [1.29, 1.82) is 0 Å². The van der Waals surface area contributed by atoms with Gasteiger partial charge in [0.25, 0.3) is 0 Å². The third-order valence-electron chi connectivity index (χ3n) is 3.12. The average Bonchev–Trinajstić information content (AvgIpc) is 2.52. The molecule has 0 heterocycles. The van der Waals surface area contributed by atoms with E-state index in [4.69, 9.17) is 0 Å². The normalized spacial score (nSPS) is 9.68. The molecule has 0 aliphatic carbocycles. The van der Waals surface area contributed by atoms with Gasteiger partial charge in [-0.3, -0.25) is 0 Å². The van der Waals surface area contributed by atoms with E-state index in [-0.39, 0.29) is 43.7 Å². The zero-order valence-corrected chi connectivity index (χ0v) is 15.4. The van der Waals surface area contributed by atoms with Gasteiger partial charge in [0.15, 0.2) is 0 Å². The van der Waals surface area contributed by atoms with Gasteiger partial charge in [0.2, 0.25) is 0 Å². The minimum atomic E-state index is -0.597. The molecule has 0 spiro atoms. The standard InChI is InChI=1S/C18H15OP.B.Na/c19-15-11-13-18(14-12-15)20(16-7-3-1-4-8-16)17-9-5-2-6-10-17;;/h1-14,19H;;/q;;+1/p-1. The van der Waals surface area contributed by atoms with E-state index in [1.165, 1.54) is 15.9 Å². The molecule has 0 amide bonds. The Kier molecular flexibility index (Phi) is 7.92. The molecule has 0 N–H and O–H groups in total. The maximum atomic E-state index is 11.3. The Bertz CT molecular complexity index is 635. The summed E-state index contributed by atoms with van der Waals surface area (Å²) in [5.41, 5.74) is 0. The molecule has 0 aliphatic rings. The first-order valence-electron chi connectivity index (χ1n) is 6.52. The number of hydrogen-bond donors (Lipinski definition) is 0. The Balaban J connectivity index is 0.00000121. The van der Waals surface area contributed by atoms with Crippen LogP contribution in [0.25, 0.3) is 0 Å². The van der Waals surface area contributed by atoms with Crippen LogP contribution in [0.2, 0.25) is 0 Å². The fourth-order valence-corrected chi connectivity index (χ4v) is 4.48. The SMILES string of the molecule is [B].[Na+].[O-]c1ccc(P(c2ccccc2)c2ccccc2)cc1. The van der Waals surface area contributed by atoms with Gasteiger partial charge in [0.05, 0.1) is 0 Å². The molecule has 101 valence electrons. The molecule has 3 radical (unpaired) electrons. The van der Waals surface area contributed by atoms with Gasteiger partial charge in [-0.05, 0) is 23.8 Å². The van der Waals surface area contributed by atoms with Crippen molar-refractivity contribution < 1.29 is 34.7 Å². The molecule has 3 aromatic rings. The molecular formula is C18H14BNaOP. The summed E-state index contributed by atoms with van der Waals surface area (Å²) in [7, 11) is -0.597. The maximum Gasteiger partial charge on any atom is 1.00 e. The van der Waals surface area contributed by atoms with Gasteiger partial charge in [-0.15, -0.1) is 5.75 Å². The van der Waals surface area contributed by atoms with Crippen molar-refractivity contribution >= 4 is 32.2 Å². The van der Waals surface area contributed by atoms with Crippen LogP contribution < -0.4 is 50.6 Å². The molecule has 3 rings (SSSR count). The first-order valence-corrected chi connectivity index (χ1v) is 7.86. The van der Waals surface area contributed by atoms with Gasteiger partial charge >= 0.3 is 29.6 Å². The summed E-state index contributed by atoms with van der Waals surface area (Å²) in [4.78, 5) is 0. The summed E-state index contributed by atoms with van der Waals surface area (Å²) in [5, 5.41) is 15.1. The second-order valence-corrected chi connectivity index (χ2v) is 6.72. The van der Waals surface area contributed by atoms with Crippen LogP contribution in [0.4, 0.5) is 0 Å². The molecule has 0 saturated heterocycles. The third-order valence-corrected chi connectivity index (χ3v) is 5.57. The summed E-state index contributed by atoms with van der Waals surface area (Å²) in [6.07, 6.45) is 0. The fourth-order valence-electron chi connectivity index (χ4n) is 2.20. The Morgan fingerprint density at radius 3 is 1.32 bits per heavy atom. The van der Waals surface area contributed by atoms with E-state index in [2.05, 4.69) is 48.5 Å². The van der Waals surface area contributed by atoms with Gasteiger partial charge < -0.3 is 5.11 Å². The Labute approximate surface area is 157 Å². The Morgan fingerprint density at radius 1 is 0.545 bits per heavy atom. The van der Waals surface area contributed by atoms with Crippen molar-refractivity contribution in [3.05, 3.63) is 84.9 Å². The van der Waals surface area contributed by atoms with Crippen LogP contribution in [0.5, 0.6) is 5.75 Å². The van der Waals surface area contributed by atoms with Crippen molar-refractivity contribution in [3.8, 4) is 5.75 Å². The predicted octanol–water partition coefficient (Wildman–Crippen LogP) is -0.858. The van der Waals surface area contributed by atoms with Crippen molar-refractivity contribution in [2.75, 3.05) is 0 Å². The molecule has 0 unspecified atom stereocenters. The van der Waals surface area contributed by atoms with Crippen molar-refractivity contribution in [3.63, 3.8) is 0 Å². The van der Waals surface area contributed by atoms with E-state index in [0.29, 0.717) is 0 Å². The number of hydrogen-bond acceptors (Lipinski definition) is 1. The Hall–Kier alpha value is -1.05. The van der Waals surface area contributed by atoms with Crippen molar-refractivity contribution in [1.82, 2.24) is 0 Å². The van der Waals surface area contributed by atoms with Gasteiger partial charge in [-0.1, -0.05) is 84.9 Å². The molecule has 0 saturated carbocycles. The largest absolute Gasteiger partial charge is 1.00 e. The quantitative estimate of drug-likeness (QED) is 0.456. The zero-order valence-electron chi connectivity index (χ0n) is 12.5. The van der Waals surface area contributed by atoms with Crippen LogP contribution in [0.15, 0.2) is 84.9 Å². The molecule has 0 atom stereocenters. The first kappa shape index (κ1) is 19.0. The molecule has 0 aliphatic heterocycles. The van der Waals surface area contributed by atoms with Gasteiger partial charge in [0.1, 0.15) is 0 Å². The van der Waals surface area contributed by atoms with E-state index < -0.39 is 7.92 Å². The van der Waals surface area contributed by atoms with Crippen LogP contribution in [-0.4, -0.2) is 8.41 Å². The van der Waals surface area contributed by atoms with E-state index in [9.17, 15) is 5.11 Å². The molecule has 0 aromatic heterocycles. The van der Waals surface area contributed by atoms with Crippen molar-refractivity contribution in [2.45, 2.75) is 0 Å². The molecule has 0 bridgehead atoms. The summed E-state index contributed by atoms with van der Waals surface area (Å²) in [5.74, 6) is 0.0600. The van der Waals surface area contributed by atoms with Crippen LogP contribution >= 0.6 is 7.92 Å². The molecule has 22 heavy (non-hydrogen) atoms. The topological polar surface area (TPSA) is 23.1 Å². The summed E-state index contributed by atoms with van der Waals surface area (Å²) < 4.78 is 0. The Morgan fingerprint density at radius 2 is 0.909 bits per heavy atom. The average molecular weight is 311 g/mol. The predicted molar refractivity (Wildman–Crippen MR) is 90.3 cm³/mol. The molecule has 3 aromatic carbocycles. The van der Waals surface area contributed by atoms with E-state index in [1.54, 1.807) is 12.1 Å². The molecule has 4 heteroatoms. The molecular weight excluding hydrogens is 297 g/mol. The van der Waals surface area contributed by atoms with Crippen LogP contribution in [0, 0.1) is 0 Å². The molecule has 0 fully saturated rings. The van der Waals surface area contributed by atoms with E-state index in [0.717, 1.165) is 0 Å². The minimum Gasteiger partial charge on any atom is -0.872 e. The van der Waals surface area contributed by atoms with Crippen LogP contribution in [-0.2, 0) is 0 Å². The minimum absolute atomic E-state index is 0. The maximum absolute atomic E-state index is 11.3. The third kappa shape index (κ3) is 4.47. The van der Waals surface area contributed by atoms with Gasteiger partial charge in [-0.25, -0.2) is 0 Å². The van der Waals surface area contributed by atoms with Gasteiger partial charge in [0, 0.05) is 8.41 Å². The van der Waals surface area contributed by atoms with Crippen LogP contribution in [0.3, 0.4) is 0 Å². The zero-order chi connectivity index (χ0) is 13.8. The van der Waals surface area contributed by atoms with E-state index >= 15 is 0 Å². The van der Waals surface area contributed by atoms with Crippen molar-refractivity contribution in [2.24, 2.45) is 0 Å². The monoisotopic (exact) mass is 311 g/mol. The summed E-state index contributed by atoms with van der Waals surface area (Å²) in [6.45, 7) is 0. The van der Waals surface area contributed by atoms with E-state index in [1.807, 2.05) is 24.3 Å². The molecule has 1 nitrogen and oxygen atoms in total. The second-order valence-electron chi connectivity index (χ2n) is 4.50. The summed E-state index contributed by atoms with van der Waals surface area (Å²) in [6, 6.07) is 28.2.